The van der Waals surface area contributed by atoms with Gasteiger partial charge in [0.25, 0.3) is 0 Å². The highest BCUT2D eigenvalue weighted by molar-refractivity contribution is 8.15. The van der Waals surface area contributed by atoms with Gasteiger partial charge in [0.2, 0.25) is 5.91 Å². The van der Waals surface area contributed by atoms with Gasteiger partial charge >= 0.3 is 5.97 Å². The molecular weight excluding hydrogens is 346 g/mol. The molecule has 0 bridgehead atoms. The Balaban J connectivity index is 2.18. The molecule has 1 aromatic rings. The van der Waals surface area contributed by atoms with Crippen LogP contribution < -0.4 is 10.1 Å². The van der Waals surface area contributed by atoms with E-state index in [1.54, 1.807) is 12.1 Å². The van der Waals surface area contributed by atoms with Crippen LogP contribution in [0, 0.1) is 0 Å². The fourth-order valence-corrected chi connectivity index (χ4v) is 3.04. The number of carboxylic acids is 1. The van der Waals surface area contributed by atoms with Gasteiger partial charge in [0.05, 0.1) is 19.7 Å². The number of phenolic OH excluding ortho intramolecular Hbond substituents is 1. The summed E-state index contributed by atoms with van der Waals surface area (Å²) in [6, 6.07) is 3.53. The van der Waals surface area contributed by atoms with Crippen molar-refractivity contribution >= 4 is 35.0 Å². The van der Waals surface area contributed by atoms with E-state index in [0.29, 0.717) is 11.3 Å². The molecule has 134 valence electrons. The smallest absolute Gasteiger partial charge is 0.305 e. The number of nitrogens with zero attached hydrogens (tertiary/aromatic N) is 2. The molecule has 0 aromatic heterocycles. The molecule has 9 heteroatoms. The Morgan fingerprint density at radius 2 is 2.20 bits per heavy atom. The Morgan fingerprint density at radius 1 is 1.48 bits per heavy atom. The lowest BCUT2D eigenvalue weighted by atomic mass is 10.00. The van der Waals surface area contributed by atoms with Crippen LogP contribution >= 0.6 is 11.8 Å². The molecule has 1 heterocycles. The third-order valence-corrected chi connectivity index (χ3v) is 4.57. The van der Waals surface area contributed by atoms with Crippen LogP contribution in [0.25, 0.3) is 0 Å². The summed E-state index contributed by atoms with van der Waals surface area (Å²) in [5.41, 5.74) is 1.40. The van der Waals surface area contributed by atoms with Crippen molar-refractivity contribution in [2.75, 3.05) is 7.11 Å². The standard InChI is InChI=1S/C16H19N3O5S/c1-8(2)9-4-10(14(22)11(5-9)24-3)7-17-19-16-18-15(23)12(25-16)6-13(20)21/h4-5,7-8,12,22H,6H2,1-3H3,(H,20,21)(H,18,19,23). The number of phenols is 1. The van der Waals surface area contributed by atoms with E-state index in [-0.39, 0.29) is 23.3 Å². The van der Waals surface area contributed by atoms with E-state index in [4.69, 9.17) is 9.84 Å². The van der Waals surface area contributed by atoms with E-state index in [1.165, 1.54) is 13.3 Å². The minimum absolute atomic E-state index is 0.0530. The fourth-order valence-electron chi connectivity index (χ4n) is 2.13. The van der Waals surface area contributed by atoms with Crippen molar-refractivity contribution in [3.8, 4) is 11.5 Å². The Bertz CT molecular complexity index is 746. The van der Waals surface area contributed by atoms with E-state index in [1.807, 2.05) is 13.8 Å². The number of ether oxygens (including phenoxy) is 1. The van der Waals surface area contributed by atoms with Gasteiger partial charge in [-0.2, -0.15) is 5.10 Å². The molecule has 3 N–H and O–H groups in total. The summed E-state index contributed by atoms with van der Waals surface area (Å²) < 4.78 is 5.16. The molecule has 1 amide bonds. The Hall–Kier alpha value is -2.55. The zero-order chi connectivity index (χ0) is 18.6. The zero-order valence-corrected chi connectivity index (χ0v) is 14.8. The summed E-state index contributed by atoms with van der Waals surface area (Å²) in [6.45, 7) is 4.03. The molecule has 1 aliphatic rings. The van der Waals surface area contributed by atoms with Gasteiger partial charge < -0.3 is 20.3 Å². The van der Waals surface area contributed by atoms with Crippen LogP contribution in [0.2, 0.25) is 0 Å². The summed E-state index contributed by atoms with van der Waals surface area (Å²) in [5.74, 6) is -0.949. The molecule has 1 aliphatic heterocycles. The topological polar surface area (TPSA) is 121 Å². The summed E-state index contributed by atoms with van der Waals surface area (Å²) in [4.78, 5) is 22.3. The molecule has 0 spiro atoms. The number of nitrogens with one attached hydrogen (secondary N) is 1. The number of methoxy groups -OCH3 is 1. The number of amides is 1. The van der Waals surface area contributed by atoms with Gasteiger partial charge in [-0.05, 0) is 23.6 Å². The molecule has 25 heavy (non-hydrogen) atoms. The molecule has 1 atom stereocenters. The number of thioether (sulfide) groups is 1. The molecule has 2 rings (SSSR count). The van der Waals surface area contributed by atoms with E-state index in [0.717, 1.165) is 17.3 Å². The van der Waals surface area contributed by atoms with Crippen molar-refractivity contribution in [1.29, 1.82) is 0 Å². The average Bonchev–Trinajstić information content (AvgIpc) is 2.87. The predicted molar refractivity (Wildman–Crippen MR) is 95.6 cm³/mol. The third kappa shape index (κ3) is 4.72. The van der Waals surface area contributed by atoms with Crippen molar-refractivity contribution in [3.63, 3.8) is 0 Å². The number of carboxylic acid groups (broad SMARTS) is 1. The quantitative estimate of drug-likeness (QED) is 0.523. The predicted octanol–water partition coefficient (Wildman–Crippen LogP) is 1.92. The van der Waals surface area contributed by atoms with Gasteiger partial charge in [-0.1, -0.05) is 25.6 Å². The lowest BCUT2D eigenvalue weighted by Gasteiger charge is -2.11. The van der Waals surface area contributed by atoms with Crippen LogP contribution in [-0.4, -0.2) is 45.8 Å². The second-order valence-corrected chi connectivity index (χ2v) is 6.85. The minimum atomic E-state index is -1.06. The highest BCUT2D eigenvalue weighted by Crippen LogP contribution is 2.33. The number of hydrogen-bond donors (Lipinski definition) is 3. The SMILES string of the molecule is COc1cc(C(C)C)cc(C=NN=C2NC(=O)C(CC(=O)O)S2)c1O. The number of hydrogen-bond acceptors (Lipinski definition) is 7. The Labute approximate surface area is 149 Å². The lowest BCUT2D eigenvalue weighted by molar-refractivity contribution is -0.138. The van der Waals surface area contributed by atoms with Gasteiger partial charge in [-0.25, -0.2) is 0 Å². The largest absolute Gasteiger partial charge is 0.504 e. The number of aromatic hydroxyl groups is 1. The molecule has 8 nitrogen and oxygen atoms in total. The molecular formula is C16H19N3O5S. The molecule has 0 radical (unpaired) electrons. The molecule has 1 saturated heterocycles. The molecule has 1 aromatic carbocycles. The monoisotopic (exact) mass is 365 g/mol. The number of aliphatic carboxylic acids is 1. The van der Waals surface area contributed by atoms with Crippen molar-refractivity contribution in [3.05, 3.63) is 23.3 Å². The zero-order valence-electron chi connectivity index (χ0n) is 14.0. The molecule has 1 fully saturated rings. The summed E-state index contributed by atoms with van der Waals surface area (Å²) in [5, 5.41) is 28.6. The number of benzene rings is 1. The van der Waals surface area contributed by atoms with E-state index < -0.39 is 17.1 Å². The molecule has 1 unspecified atom stereocenters. The van der Waals surface area contributed by atoms with Gasteiger partial charge in [0.15, 0.2) is 16.7 Å². The van der Waals surface area contributed by atoms with Crippen LogP contribution in [-0.2, 0) is 9.59 Å². The van der Waals surface area contributed by atoms with Crippen molar-refractivity contribution < 1.29 is 24.5 Å². The van der Waals surface area contributed by atoms with Crippen molar-refractivity contribution in [2.45, 2.75) is 31.4 Å². The van der Waals surface area contributed by atoms with E-state index >= 15 is 0 Å². The second kappa shape index (κ2) is 8.02. The Morgan fingerprint density at radius 3 is 2.80 bits per heavy atom. The number of carbonyl (C=O) groups is 2. The minimum Gasteiger partial charge on any atom is -0.504 e. The maximum Gasteiger partial charge on any atom is 0.305 e. The summed E-state index contributed by atoms with van der Waals surface area (Å²) >= 11 is 1.01. The molecule has 0 saturated carbocycles. The maximum absolute atomic E-state index is 11.6. The first-order valence-corrected chi connectivity index (χ1v) is 8.41. The van der Waals surface area contributed by atoms with Crippen molar-refractivity contribution in [1.82, 2.24) is 5.32 Å². The van der Waals surface area contributed by atoms with Crippen LogP contribution in [0.5, 0.6) is 11.5 Å². The number of carbonyl (C=O) groups excluding carboxylic acids is 1. The van der Waals surface area contributed by atoms with Crippen molar-refractivity contribution in [2.24, 2.45) is 10.2 Å². The van der Waals surface area contributed by atoms with E-state index in [2.05, 4.69) is 15.5 Å². The third-order valence-electron chi connectivity index (χ3n) is 3.50. The maximum atomic E-state index is 11.6. The lowest BCUT2D eigenvalue weighted by Crippen LogP contribution is -2.26. The highest BCUT2D eigenvalue weighted by Gasteiger charge is 2.32. The first-order valence-electron chi connectivity index (χ1n) is 7.53. The highest BCUT2D eigenvalue weighted by atomic mass is 32.2. The summed E-state index contributed by atoms with van der Waals surface area (Å²) in [7, 11) is 1.47. The average molecular weight is 365 g/mol. The normalized spacial score (nSPS) is 19.0. The first-order chi connectivity index (χ1) is 11.8. The van der Waals surface area contributed by atoms with Crippen LogP contribution in [0.3, 0.4) is 0 Å². The van der Waals surface area contributed by atoms with Crippen LogP contribution in [0.4, 0.5) is 0 Å². The van der Waals surface area contributed by atoms with E-state index in [9.17, 15) is 14.7 Å². The second-order valence-electron chi connectivity index (χ2n) is 5.66. The summed E-state index contributed by atoms with van der Waals surface area (Å²) in [6.07, 6.45) is 1.07. The van der Waals surface area contributed by atoms with Gasteiger partial charge in [0, 0.05) is 5.56 Å². The van der Waals surface area contributed by atoms with Gasteiger partial charge in [0.1, 0.15) is 5.25 Å². The molecule has 0 aliphatic carbocycles. The van der Waals surface area contributed by atoms with Crippen LogP contribution in [0.15, 0.2) is 22.3 Å². The number of amidine groups is 1. The van der Waals surface area contributed by atoms with Gasteiger partial charge in [-0.15, -0.1) is 5.10 Å². The fraction of sp³-hybridized carbons (Fsp3) is 0.375. The number of rotatable bonds is 6. The Kier molecular flexibility index (Phi) is 6.02. The van der Waals surface area contributed by atoms with Gasteiger partial charge in [-0.3, -0.25) is 9.59 Å². The van der Waals surface area contributed by atoms with Crippen LogP contribution in [0.1, 0.15) is 37.3 Å². The first kappa shape index (κ1) is 18.8.